The lowest BCUT2D eigenvalue weighted by atomic mass is 10.0. The average molecular weight is 359 g/mol. The van der Waals surface area contributed by atoms with Gasteiger partial charge in [0, 0.05) is 33.7 Å². The van der Waals surface area contributed by atoms with Crippen molar-refractivity contribution in [2.24, 2.45) is 0 Å². The average Bonchev–Trinajstić information content (AvgIpc) is 2.89. The van der Waals surface area contributed by atoms with E-state index in [1.54, 1.807) is 11.3 Å². The quantitative estimate of drug-likeness (QED) is 0.844. The molecule has 0 radical (unpaired) electrons. The molecular weight excluding hydrogens is 336 g/mol. The van der Waals surface area contributed by atoms with Crippen molar-refractivity contribution in [3.05, 3.63) is 20.8 Å². The fraction of sp³-hybridized carbons (Fsp3) is 0.667. The predicted octanol–water partition coefficient (Wildman–Crippen LogP) is 3.43. The highest BCUT2D eigenvalue weighted by molar-refractivity contribution is 9.10. The van der Waals surface area contributed by atoms with Gasteiger partial charge in [0.15, 0.2) is 0 Å². The summed E-state index contributed by atoms with van der Waals surface area (Å²) in [6.45, 7) is 5.13. The Bertz CT molecular complexity index is 429. The van der Waals surface area contributed by atoms with Crippen molar-refractivity contribution in [2.45, 2.75) is 45.1 Å². The van der Waals surface area contributed by atoms with E-state index in [4.69, 9.17) is 0 Å². The summed E-state index contributed by atoms with van der Waals surface area (Å²) in [6.07, 6.45) is 4.73. The predicted molar refractivity (Wildman–Crippen MR) is 88.2 cm³/mol. The van der Waals surface area contributed by atoms with Gasteiger partial charge < -0.3 is 10.2 Å². The van der Waals surface area contributed by atoms with E-state index >= 15 is 0 Å². The third-order valence-electron chi connectivity index (χ3n) is 3.74. The molecule has 2 rings (SSSR count). The first kappa shape index (κ1) is 16.0. The number of aryl methyl sites for hydroxylation is 1. The molecule has 0 spiro atoms. The zero-order valence-electron chi connectivity index (χ0n) is 12.0. The number of hydrogen-bond donors (Lipinski definition) is 1. The number of nitrogens with zero attached hydrogens (tertiary/aromatic N) is 1. The fourth-order valence-electron chi connectivity index (χ4n) is 2.73. The highest BCUT2D eigenvalue weighted by Gasteiger charge is 2.24. The molecule has 0 saturated carbocycles. The molecule has 1 aromatic heterocycles. The monoisotopic (exact) mass is 358 g/mol. The second kappa shape index (κ2) is 8.15. The lowest BCUT2D eigenvalue weighted by molar-refractivity contribution is -0.134. The molecule has 1 aromatic rings. The first-order valence-corrected chi connectivity index (χ1v) is 9.11. The van der Waals surface area contributed by atoms with Gasteiger partial charge in [0.2, 0.25) is 5.91 Å². The van der Waals surface area contributed by atoms with E-state index < -0.39 is 0 Å². The summed E-state index contributed by atoms with van der Waals surface area (Å²) in [5, 5.41) is 5.45. The van der Waals surface area contributed by atoms with Crippen molar-refractivity contribution >= 4 is 33.2 Å². The first-order valence-electron chi connectivity index (χ1n) is 7.43. The topological polar surface area (TPSA) is 32.3 Å². The molecule has 0 aliphatic carbocycles. The molecule has 1 amide bonds. The molecule has 1 N–H and O–H groups in total. The Labute approximate surface area is 133 Å². The van der Waals surface area contributed by atoms with E-state index in [0.717, 1.165) is 49.8 Å². The lowest BCUT2D eigenvalue weighted by Crippen LogP contribution is -2.46. The maximum Gasteiger partial charge on any atom is 0.223 e. The molecule has 5 heteroatoms. The Morgan fingerprint density at radius 2 is 2.25 bits per heavy atom. The number of carbonyl (C=O) groups excluding carboxylic acids is 1. The molecule has 1 aliphatic heterocycles. The van der Waals surface area contributed by atoms with Gasteiger partial charge in [-0.05, 0) is 60.8 Å². The van der Waals surface area contributed by atoms with Crippen LogP contribution in [0.25, 0.3) is 0 Å². The third kappa shape index (κ3) is 4.57. The van der Waals surface area contributed by atoms with E-state index in [-0.39, 0.29) is 0 Å². The summed E-state index contributed by atoms with van der Waals surface area (Å²) in [5.74, 6) is 0.322. The molecular formula is C15H23BrN2OS. The summed E-state index contributed by atoms with van der Waals surface area (Å²) >= 11 is 5.19. The maximum atomic E-state index is 12.5. The number of carbonyl (C=O) groups is 1. The van der Waals surface area contributed by atoms with Crippen LogP contribution in [0.1, 0.15) is 37.5 Å². The summed E-state index contributed by atoms with van der Waals surface area (Å²) < 4.78 is 1.12. The highest BCUT2D eigenvalue weighted by Crippen LogP contribution is 2.22. The van der Waals surface area contributed by atoms with Gasteiger partial charge in [0.25, 0.3) is 0 Å². The van der Waals surface area contributed by atoms with Crippen LogP contribution in [0.2, 0.25) is 0 Å². The number of halogens is 1. The number of nitrogens with one attached hydrogen (secondary N) is 1. The van der Waals surface area contributed by atoms with Gasteiger partial charge in [-0.1, -0.05) is 6.92 Å². The van der Waals surface area contributed by atoms with E-state index in [9.17, 15) is 4.79 Å². The van der Waals surface area contributed by atoms with Crippen molar-refractivity contribution in [1.29, 1.82) is 0 Å². The lowest BCUT2D eigenvalue weighted by Gasteiger charge is -2.34. The van der Waals surface area contributed by atoms with Gasteiger partial charge >= 0.3 is 0 Å². The first-order chi connectivity index (χ1) is 9.70. The van der Waals surface area contributed by atoms with Crippen LogP contribution in [0.4, 0.5) is 0 Å². The minimum Gasteiger partial charge on any atom is -0.340 e. The van der Waals surface area contributed by atoms with Crippen LogP contribution in [-0.4, -0.2) is 36.5 Å². The molecule has 0 atom stereocenters. The summed E-state index contributed by atoms with van der Waals surface area (Å²) in [4.78, 5) is 15.9. The molecule has 112 valence electrons. The van der Waals surface area contributed by atoms with Crippen molar-refractivity contribution < 1.29 is 4.79 Å². The van der Waals surface area contributed by atoms with Crippen LogP contribution in [0.15, 0.2) is 15.9 Å². The molecule has 0 aromatic carbocycles. The van der Waals surface area contributed by atoms with Crippen molar-refractivity contribution in [1.82, 2.24) is 10.2 Å². The number of rotatable bonds is 6. The molecule has 1 fully saturated rings. The molecule has 20 heavy (non-hydrogen) atoms. The zero-order chi connectivity index (χ0) is 14.4. The fourth-order valence-corrected chi connectivity index (χ4v) is 4.18. The van der Waals surface area contributed by atoms with Gasteiger partial charge in [0.05, 0.1) is 0 Å². The Morgan fingerprint density at radius 3 is 2.85 bits per heavy atom. The van der Waals surface area contributed by atoms with E-state index in [0.29, 0.717) is 18.4 Å². The summed E-state index contributed by atoms with van der Waals surface area (Å²) in [5.41, 5.74) is 0. The van der Waals surface area contributed by atoms with Gasteiger partial charge in [-0.25, -0.2) is 0 Å². The number of piperidine rings is 1. The number of hydrogen-bond acceptors (Lipinski definition) is 3. The van der Waals surface area contributed by atoms with Crippen LogP contribution >= 0.6 is 27.3 Å². The molecule has 1 aliphatic rings. The van der Waals surface area contributed by atoms with E-state index in [1.807, 2.05) is 0 Å². The number of amides is 1. The second-order valence-corrected chi connectivity index (χ2v) is 7.21. The van der Waals surface area contributed by atoms with Gasteiger partial charge in [0.1, 0.15) is 0 Å². The smallest absolute Gasteiger partial charge is 0.223 e. The van der Waals surface area contributed by atoms with Crippen LogP contribution in [0.5, 0.6) is 0 Å². The van der Waals surface area contributed by atoms with Crippen molar-refractivity contribution in [3.8, 4) is 0 Å². The third-order valence-corrected chi connectivity index (χ3v) is 5.50. The molecule has 0 bridgehead atoms. The Balaban J connectivity index is 1.88. The van der Waals surface area contributed by atoms with Gasteiger partial charge in [-0.2, -0.15) is 0 Å². The highest BCUT2D eigenvalue weighted by atomic mass is 79.9. The summed E-state index contributed by atoms with van der Waals surface area (Å²) in [6, 6.07) is 2.56. The van der Waals surface area contributed by atoms with Crippen molar-refractivity contribution in [3.63, 3.8) is 0 Å². The Kier molecular flexibility index (Phi) is 6.52. The molecule has 1 saturated heterocycles. The molecule has 0 unspecified atom stereocenters. The van der Waals surface area contributed by atoms with Crippen LogP contribution < -0.4 is 5.32 Å². The minimum absolute atomic E-state index is 0.322. The Hall–Kier alpha value is -0.390. The van der Waals surface area contributed by atoms with Gasteiger partial charge in [-0.3, -0.25) is 4.79 Å². The van der Waals surface area contributed by atoms with Crippen LogP contribution in [0, 0.1) is 0 Å². The standard InChI is InChI=1S/C15H23BrN2OS/c1-2-9-18(13-5-7-17-8-6-13)15(19)4-3-14-10-12(16)11-20-14/h10-11,13,17H,2-9H2,1H3. The zero-order valence-corrected chi connectivity index (χ0v) is 14.4. The second-order valence-electron chi connectivity index (χ2n) is 5.30. The van der Waals surface area contributed by atoms with Gasteiger partial charge in [-0.15, -0.1) is 11.3 Å². The summed E-state index contributed by atoms with van der Waals surface area (Å²) in [7, 11) is 0. The normalized spacial score (nSPS) is 16.3. The Morgan fingerprint density at radius 1 is 1.50 bits per heavy atom. The largest absolute Gasteiger partial charge is 0.340 e. The van der Waals surface area contributed by atoms with Crippen LogP contribution in [0.3, 0.4) is 0 Å². The molecule has 2 heterocycles. The molecule has 3 nitrogen and oxygen atoms in total. The van der Waals surface area contributed by atoms with E-state index in [1.165, 1.54) is 4.88 Å². The maximum absolute atomic E-state index is 12.5. The number of thiophene rings is 1. The minimum atomic E-state index is 0.322. The van der Waals surface area contributed by atoms with Crippen molar-refractivity contribution in [2.75, 3.05) is 19.6 Å². The van der Waals surface area contributed by atoms with E-state index in [2.05, 4.69) is 44.5 Å². The SMILES string of the molecule is CCCN(C(=O)CCc1cc(Br)cs1)C1CCNCC1. The van der Waals surface area contributed by atoms with Crippen LogP contribution in [-0.2, 0) is 11.2 Å².